The van der Waals surface area contributed by atoms with E-state index in [1.807, 2.05) is 0 Å². The van der Waals surface area contributed by atoms with Crippen LogP contribution in [-0.4, -0.2) is 43.4 Å². The predicted molar refractivity (Wildman–Crippen MR) is 89.0 cm³/mol. The maximum Gasteiger partial charge on any atom is 0.260 e. The van der Waals surface area contributed by atoms with Crippen molar-refractivity contribution in [2.75, 3.05) is 26.3 Å². The smallest absolute Gasteiger partial charge is 0.260 e. The first kappa shape index (κ1) is 17.1. The number of benzene rings is 2. The van der Waals surface area contributed by atoms with E-state index < -0.39 is 0 Å². The van der Waals surface area contributed by atoms with Gasteiger partial charge in [-0.05, 0) is 29.8 Å². The third-order valence-electron chi connectivity index (χ3n) is 4.04. The molecule has 1 amide bonds. The van der Waals surface area contributed by atoms with E-state index in [2.05, 4.69) is 0 Å². The van der Waals surface area contributed by atoms with Crippen LogP contribution in [0.15, 0.2) is 48.5 Å². The minimum Gasteiger partial charge on any atom is -0.483 e. The van der Waals surface area contributed by atoms with E-state index in [0.29, 0.717) is 42.9 Å². The lowest BCUT2D eigenvalue weighted by Gasteiger charge is -2.33. The zero-order valence-corrected chi connectivity index (χ0v) is 13.6. The molecule has 1 aliphatic rings. The third kappa shape index (κ3) is 4.22. The molecule has 0 aromatic heterocycles. The molecule has 1 atom stereocenters. The summed E-state index contributed by atoms with van der Waals surface area (Å²) in [7, 11) is 0. The van der Waals surface area contributed by atoms with E-state index in [4.69, 9.17) is 9.47 Å². The number of morpholine rings is 1. The van der Waals surface area contributed by atoms with E-state index in [-0.39, 0.29) is 24.4 Å². The van der Waals surface area contributed by atoms with Crippen LogP contribution in [0, 0.1) is 5.82 Å². The Labute approximate surface area is 145 Å². The summed E-state index contributed by atoms with van der Waals surface area (Å²) in [5, 5.41) is 0. The lowest BCUT2D eigenvalue weighted by Crippen LogP contribution is -2.44. The molecule has 1 fully saturated rings. The average Bonchev–Trinajstić information content (AvgIpc) is 2.66. The van der Waals surface area contributed by atoms with Crippen LogP contribution in [0.5, 0.6) is 5.75 Å². The van der Waals surface area contributed by atoms with Crippen LogP contribution >= 0.6 is 0 Å². The number of carbonyl (C=O) groups excluding carboxylic acids is 2. The first-order valence-electron chi connectivity index (χ1n) is 7.99. The Hall–Kier alpha value is -2.73. The van der Waals surface area contributed by atoms with Crippen molar-refractivity contribution in [1.29, 1.82) is 0 Å². The van der Waals surface area contributed by atoms with Crippen molar-refractivity contribution < 1.29 is 23.5 Å². The van der Waals surface area contributed by atoms with Crippen LogP contribution in [0.1, 0.15) is 22.0 Å². The Kier molecular flexibility index (Phi) is 5.40. The van der Waals surface area contributed by atoms with Crippen LogP contribution in [0.4, 0.5) is 4.39 Å². The lowest BCUT2D eigenvalue weighted by molar-refractivity contribution is -0.141. The van der Waals surface area contributed by atoms with Crippen molar-refractivity contribution in [3.8, 4) is 5.75 Å². The molecule has 0 bridgehead atoms. The number of para-hydroxylation sites is 1. The second-order valence-corrected chi connectivity index (χ2v) is 5.70. The van der Waals surface area contributed by atoms with Crippen molar-refractivity contribution in [2.45, 2.75) is 6.10 Å². The summed E-state index contributed by atoms with van der Waals surface area (Å²) < 4.78 is 24.5. The molecule has 25 heavy (non-hydrogen) atoms. The first-order valence-corrected chi connectivity index (χ1v) is 7.99. The second-order valence-electron chi connectivity index (χ2n) is 5.70. The Morgan fingerprint density at radius 3 is 2.92 bits per heavy atom. The van der Waals surface area contributed by atoms with Crippen LogP contribution < -0.4 is 4.74 Å². The molecule has 5 nitrogen and oxygen atoms in total. The molecule has 1 saturated heterocycles. The van der Waals surface area contributed by atoms with Crippen molar-refractivity contribution >= 4 is 12.2 Å². The Morgan fingerprint density at radius 2 is 2.12 bits per heavy atom. The summed E-state index contributed by atoms with van der Waals surface area (Å²) in [6.45, 7) is 0.989. The number of hydrogen-bond donors (Lipinski definition) is 0. The number of amides is 1. The molecule has 6 heteroatoms. The van der Waals surface area contributed by atoms with Gasteiger partial charge in [0.1, 0.15) is 17.7 Å². The Morgan fingerprint density at radius 1 is 1.28 bits per heavy atom. The summed E-state index contributed by atoms with van der Waals surface area (Å²) in [4.78, 5) is 25.0. The van der Waals surface area contributed by atoms with E-state index in [1.54, 1.807) is 41.3 Å². The molecule has 0 saturated carbocycles. The van der Waals surface area contributed by atoms with Gasteiger partial charge in [0, 0.05) is 6.54 Å². The standard InChI is InChI=1S/C19H18FNO4/c20-16-6-3-5-14(10-16)18-11-21(8-9-24-18)19(23)13-25-17-7-2-1-4-15(17)12-22/h1-7,10,12,18H,8-9,11,13H2. The number of aldehydes is 1. The SMILES string of the molecule is O=Cc1ccccc1OCC(=O)N1CCOC(c2cccc(F)c2)C1. The highest BCUT2D eigenvalue weighted by molar-refractivity contribution is 5.81. The van der Waals surface area contributed by atoms with Crippen molar-refractivity contribution in [2.24, 2.45) is 0 Å². The number of carbonyl (C=O) groups is 2. The summed E-state index contributed by atoms with van der Waals surface area (Å²) in [5.74, 6) is -0.162. The highest BCUT2D eigenvalue weighted by Crippen LogP contribution is 2.23. The fraction of sp³-hybridized carbons (Fsp3) is 0.263. The van der Waals surface area contributed by atoms with Crippen molar-refractivity contribution in [3.05, 3.63) is 65.5 Å². The molecular formula is C19H18FNO4. The van der Waals surface area contributed by atoms with E-state index >= 15 is 0 Å². The van der Waals surface area contributed by atoms with Crippen molar-refractivity contribution in [1.82, 2.24) is 4.90 Å². The average molecular weight is 343 g/mol. The molecule has 0 N–H and O–H groups in total. The zero-order valence-electron chi connectivity index (χ0n) is 13.6. The summed E-state index contributed by atoms with van der Waals surface area (Å²) in [6.07, 6.45) is 0.324. The molecule has 2 aromatic rings. The van der Waals surface area contributed by atoms with Crippen LogP contribution in [-0.2, 0) is 9.53 Å². The van der Waals surface area contributed by atoms with Gasteiger partial charge >= 0.3 is 0 Å². The molecule has 0 spiro atoms. The number of rotatable bonds is 5. The highest BCUT2D eigenvalue weighted by Gasteiger charge is 2.26. The monoisotopic (exact) mass is 343 g/mol. The molecule has 1 heterocycles. The molecule has 0 radical (unpaired) electrons. The fourth-order valence-electron chi connectivity index (χ4n) is 2.72. The van der Waals surface area contributed by atoms with Gasteiger partial charge in [0.05, 0.1) is 18.7 Å². The summed E-state index contributed by atoms with van der Waals surface area (Å²) in [6, 6.07) is 12.9. The van der Waals surface area contributed by atoms with Gasteiger partial charge in [-0.15, -0.1) is 0 Å². The Balaban J connectivity index is 1.61. The topological polar surface area (TPSA) is 55.8 Å². The van der Waals surface area contributed by atoms with E-state index in [9.17, 15) is 14.0 Å². The summed E-state index contributed by atoms with van der Waals surface area (Å²) in [5.41, 5.74) is 1.10. The third-order valence-corrected chi connectivity index (χ3v) is 4.04. The molecule has 2 aromatic carbocycles. The number of ether oxygens (including phenoxy) is 2. The van der Waals surface area contributed by atoms with Crippen LogP contribution in [0.3, 0.4) is 0 Å². The number of halogens is 1. The minimum atomic E-state index is -0.365. The summed E-state index contributed by atoms with van der Waals surface area (Å²) >= 11 is 0. The van der Waals surface area contributed by atoms with Gasteiger partial charge in [0.2, 0.25) is 0 Å². The van der Waals surface area contributed by atoms with Crippen molar-refractivity contribution in [3.63, 3.8) is 0 Å². The van der Waals surface area contributed by atoms with Gasteiger partial charge in [-0.2, -0.15) is 0 Å². The molecular weight excluding hydrogens is 325 g/mol. The maximum atomic E-state index is 13.4. The largest absolute Gasteiger partial charge is 0.483 e. The molecule has 130 valence electrons. The molecule has 1 aliphatic heterocycles. The second kappa shape index (κ2) is 7.90. The molecule has 0 aliphatic carbocycles. The first-order chi connectivity index (χ1) is 12.2. The Bertz CT molecular complexity index is 765. The van der Waals surface area contributed by atoms with Gasteiger partial charge in [0.15, 0.2) is 12.9 Å². The number of nitrogens with zero attached hydrogens (tertiary/aromatic N) is 1. The van der Waals surface area contributed by atoms with Gasteiger partial charge in [-0.1, -0.05) is 24.3 Å². The van der Waals surface area contributed by atoms with Gasteiger partial charge in [-0.3, -0.25) is 9.59 Å². The van der Waals surface area contributed by atoms with E-state index in [1.165, 1.54) is 12.1 Å². The maximum absolute atomic E-state index is 13.4. The minimum absolute atomic E-state index is 0.166. The van der Waals surface area contributed by atoms with Gasteiger partial charge < -0.3 is 14.4 Å². The van der Waals surface area contributed by atoms with Gasteiger partial charge in [-0.25, -0.2) is 4.39 Å². The molecule has 3 rings (SSSR count). The normalized spacial score (nSPS) is 17.2. The van der Waals surface area contributed by atoms with E-state index in [0.717, 1.165) is 0 Å². The zero-order chi connectivity index (χ0) is 17.6. The fourth-order valence-corrected chi connectivity index (χ4v) is 2.72. The van der Waals surface area contributed by atoms with Crippen LogP contribution in [0.2, 0.25) is 0 Å². The van der Waals surface area contributed by atoms with Gasteiger partial charge in [0.25, 0.3) is 5.91 Å². The van der Waals surface area contributed by atoms with Crippen LogP contribution in [0.25, 0.3) is 0 Å². The molecule has 1 unspecified atom stereocenters. The lowest BCUT2D eigenvalue weighted by atomic mass is 10.1. The quantitative estimate of drug-likeness (QED) is 0.783. The highest BCUT2D eigenvalue weighted by atomic mass is 19.1. The number of hydrogen-bond acceptors (Lipinski definition) is 4. The predicted octanol–water partition coefficient (Wildman–Crippen LogP) is 2.62.